The van der Waals surface area contributed by atoms with Crippen molar-refractivity contribution in [2.24, 2.45) is 0 Å². The van der Waals surface area contributed by atoms with Crippen LogP contribution in [0.15, 0.2) is 41.8 Å². The minimum Gasteiger partial charge on any atom is -0.490 e. The van der Waals surface area contributed by atoms with Crippen LogP contribution in [-0.2, 0) is 6.42 Å². The summed E-state index contributed by atoms with van der Waals surface area (Å²) in [7, 11) is 0. The monoisotopic (exact) mass is 260 g/mol. The first-order chi connectivity index (χ1) is 8.81. The lowest BCUT2D eigenvalue weighted by atomic mass is 10.1. The van der Waals surface area contributed by atoms with Crippen LogP contribution >= 0.6 is 11.3 Å². The molecule has 0 saturated heterocycles. The van der Waals surface area contributed by atoms with Gasteiger partial charge in [-0.1, -0.05) is 32.0 Å². The molecule has 0 N–H and O–H groups in total. The normalized spacial score (nSPS) is 10.8. The van der Waals surface area contributed by atoms with Crippen molar-refractivity contribution in [3.63, 3.8) is 0 Å². The van der Waals surface area contributed by atoms with Gasteiger partial charge in [0.15, 0.2) is 0 Å². The van der Waals surface area contributed by atoms with E-state index < -0.39 is 0 Å². The molecule has 0 fully saturated rings. The Hall–Kier alpha value is -1.28. The number of rotatable bonds is 6. The lowest BCUT2D eigenvalue weighted by Gasteiger charge is -2.15. The number of benzene rings is 1. The summed E-state index contributed by atoms with van der Waals surface area (Å²) in [4.78, 5) is 1.41. The maximum Gasteiger partial charge on any atom is 0.119 e. The fourth-order valence-corrected chi connectivity index (χ4v) is 2.69. The molecule has 1 aromatic heterocycles. The van der Waals surface area contributed by atoms with Crippen LogP contribution in [0.4, 0.5) is 0 Å². The molecule has 0 atom stereocenters. The largest absolute Gasteiger partial charge is 0.490 e. The molecule has 96 valence electrons. The molecule has 0 amide bonds. The van der Waals surface area contributed by atoms with E-state index in [1.165, 1.54) is 10.4 Å². The Morgan fingerprint density at radius 3 is 2.33 bits per heavy atom. The van der Waals surface area contributed by atoms with Gasteiger partial charge >= 0.3 is 0 Å². The van der Waals surface area contributed by atoms with E-state index in [4.69, 9.17) is 4.74 Å². The van der Waals surface area contributed by atoms with Crippen molar-refractivity contribution in [1.82, 2.24) is 0 Å². The molecule has 2 heteroatoms. The molecule has 18 heavy (non-hydrogen) atoms. The summed E-state index contributed by atoms with van der Waals surface area (Å²) in [6.45, 7) is 4.33. The van der Waals surface area contributed by atoms with E-state index in [2.05, 4.69) is 55.6 Å². The maximum absolute atomic E-state index is 5.91. The van der Waals surface area contributed by atoms with Gasteiger partial charge in [-0.25, -0.2) is 0 Å². The van der Waals surface area contributed by atoms with E-state index in [0.29, 0.717) is 6.10 Å². The van der Waals surface area contributed by atoms with Crippen molar-refractivity contribution in [3.05, 3.63) is 52.2 Å². The molecule has 2 aromatic rings. The van der Waals surface area contributed by atoms with Crippen LogP contribution in [-0.4, -0.2) is 6.10 Å². The zero-order valence-corrected chi connectivity index (χ0v) is 11.9. The smallest absolute Gasteiger partial charge is 0.119 e. The summed E-state index contributed by atoms with van der Waals surface area (Å²) >= 11 is 1.81. The van der Waals surface area contributed by atoms with Gasteiger partial charge in [0.1, 0.15) is 5.75 Å². The molecule has 0 saturated carbocycles. The third-order valence-corrected chi connectivity index (χ3v) is 3.97. The third kappa shape index (κ3) is 3.61. The van der Waals surface area contributed by atoms with Crippen molar-refractivity contribution in [1.29, 1.82) is 0 Å². The highest BCUT2D eigenvalue weighted by atomic mass is 32.1. The van der Waals surface area contributed by atoms with Gasteiger partial charge in [-0.15, -0.1) is 11.3 Å². The van der Waals surface area contributed by atoms with Gasteiger partial charge in [0.25, 0.3) is 0 Å². The Balaban J connectivity index is 1.97. The molecule has 2 rings (SSSR count). The molecule has 0 radical (unpaired) electrons. The Labute approximate surface area is 113 Å². The summed E-state index contributed by atoms with van der Waals surface area (Å²) in [5.41, 5.74) is 1.34. The molecule has 1 nitrogen and oxygen atoms in total. The molecule has 0 aliphatic carbocycles. The van der Waals surface area contributed by atoms with E-state index >= 15 is 0 Å². The second kappa shape index (κ2) is 6.60. The minimum absolute atomic E-state index is 0.341. The van der Waals surface area contributed by atoms with Gasteiger partial charge in [0.2, 0.25) is 0 Å². The van der Waals surface area contributed by atoms with Crippen molar-refractivity contribution in [3.8, 4) is 5.75 Å². The lowest BCUT2D eigenvalue weighted by molar-refractivity contribution is 0.193. The topological polar surface area (TPSA) is 9.23 Å². The van der Waals surface area contributed by atoms with Gasteiger partial charge in [-0.3, -0.25) is 0 Å². The number of thiophene rings is 1. The molecular formula is C16H20OS. The van der Waals surface area contributed by atoms with E-state index in [9.17, 15) is 0 Å². The SMILES string of the molecule is CCC(CC)Oc1ccc(Cc2cccs2)cc1. The zero-order valence-electron chi connectivity index (χ0n) is 11.1. The summed E-state index contributed by atoms with van der Waals surface area (Å²) in [5.74, 6) is 0.985. The van der Waals surface area contributed by atoms with Gasteiger partial charge in [0, 0.05) is 11.3 Å². The number of hydrogen-bond acceptors (Lipinski definition) is 2. The van der Waals surface area contributed by atoms with Crippen molar-refractivity contribution in [2.75, 3.05) is 0 Å². The van der Waals surface area contributed by atoms with Gasteiger partial charge in [-0.2, -0.15) is 0 Å². The average Bonchev–Trinajstić information content (AvgIpc) is 2.91. The highest BCUT2D eigenvalue weighted by molar-refractivity contribution is 7.09. The predicted octanol–water partition coefficient (Wildman–Crippen LogP) is 4.91. The Morgan fingerprint density at radius 2 is 1.78 bits per heavy atom. The molecular weight excluding hydrogens is 240 g/mol. The standard InChI is InChI=1S/C16H20OS/c1-3-14(4-2)17-15-9-7-13(8-10-15)12-16-6-5-11-18-16/h5-11,14H,3-4,12H2,1-2H3. The second-order valence-electron chi connectivity index (χ2n) is 4.46. The van der Waals surface area contributed by atoms with E-state index in [-0.39, 0.29) is 0 Å². The first-order valence-electron chi connectivity index (χ1n) is 6.59. The lowest BCUT2D eigenvalue weighted by Crippen LogP contribution is -2.13. The van der Waals surface area contributed by atoms with Crippen LogP contribution in [0.5, 0.6) is 5.75 Å². The van der Waals surface area contributed by atoms with Crippen LogP contribution in [0.3, 0.4) is 0 Å². The minimum atomic E-state index is 0.341. The molecule has 0 aliphatic rings. The molecule has 0 aliphatic heterocycles. The quantitative estimate of drug-likeness (QED) is 0.717. The van der Waals surface area contributed by atoms with E-state index in [1.54, 1.807) is 0 Å². The highest BCUT2D eigenvalue weighted by Gasteiger charge is 2.05. The highest BCUT2D eigenvalue weighted by Crippen LogP contribution is 2.19. The second-order valence-corrected chi connectivity index (χ2v) is 5.49. The summed E-state index contributed by atoms with van der Waals surface area (Å²) in [6.07, 6.45) is 3.48. The first-order valence-corrected chi connectivity index (χ1v) is 7.47. The fraction of sp³-hybridized carbons (Fsp3) is 0.375. The van der Waals surface area contributed by atoms with Crippen molar-refractivity contribution >= 4 is 11.3 Å². The number of hydrogen-bond donors (Lipinski definition) is 0. The summed E-state index contributed by atoms with van der Waals surface area (Å²) < 4.78 is 5.91. The van der Waals surface area contributed by atoms with Crippen LogP contribution < -0.4 is 4.74 Å². The van der Waals surface area contributed by atoms with E-state index in [0.717, 1.165) is 25.0 Å². The van der Waals surface area contributed by atoms with Gasteiger partial charge in [0.05, 0.1) is 6.10 Å². The molecule has 0 unspecified atom stereocenters. The van der Waals surface area contributed by atoms with Crippen LogP contribution in [0.25, 0.3) is 0 Å². The van der Waals surface area contributed by atoms with Gasteiger partial charge in [-0.05, 0) is 42.0 Å². The molecule has 1 aromatic carbocycles. The maximum atomic E-state index is 5.91. The Bertz CT molecular complexity index is 440. The summed E-state index contributed by atoms with van der Waals surface area (Å²) in [5, 5.41) is 2.12. The average molecular weight is 260 g/mol. The van der Waals surface area contributed by atoms with Crippen LogP contribution in [0.2, 0.25) is 0 Å². The van der Waals surface area contributed by atoms with Gasteiger partial charge < -0.3 is 4.74 Å². The summed E-state index contributed by atoms with van der Waals surface area (Å²) in [6, 6.07) is 12.8. The fourth-order valence-electron chi connectivity index (χ4n) is 1.95. The third-order valence-electron chi connectivity index (χ3n) is 3.10. The zero-order chi connectivity index (χ0) is 12.8. The van der Waals surface area contributed by atoms with Crippen molar-refractivity contribution in [2.45, 2.75) is 39.2 Å². The van der Waals surface area contributed by atoms with Crippen LogP contribution in [0.1, 0.15) is 37.1 Å². The first kappa shape index (κ1) is 13.2. The van der Waals surface area contributed by atoms with Crippen molar-refractivity contribution < 1.29 is 4.74 Å². The predicted molar refractivity (Wildman–Crippen MR) is 78.6 cm³/mol. The van der Waals surface area contributed by atoms with E-state index in [1.807, 2.05) is 11.3 Å². The molecule has 0 spiro atoms. The Morgan fingerprint density at radius 1 is 1.06 bits per heavy atom. The number of ether oxygens (including phenoxy) is 1. The Kier molecular flexibility index (Phi) is 4.82. The molecule has 1 heterocycles. The van der Waals surface area contributed by atoms with Crippen LogP contribution in [0, 0.1) is 0 Å². The molecule has 0 bridgehead atoms.